The topological polar surface area (TPSA) is 74.2 Å². The first kappa shape index (κ1) is 21.0. The molecule has 3 atom stereocenters. The number of rotatable bonds is 4. The van der Waals surface area contributed by atoms with Crippen LogP contribution in [0.3, 0.4) is 0 Å². The highest BCUT2D eigenvalue weighted by atomic mass is 28.5. The standard InChI is InChI=1S/C17H34O6Si2/c1-10(2)24(11(3)4)20-9-14-16(15(18)17(19)21-14)22-25(23-24,12(5)6)13(7)8/h10-16,18H,9H2,1-8H3/t14-,15-,16-/m1/s1. The fourth-order valence-corrected chi connectivity index (χ4v) is 15.2. The van der Waals surface area contributed by atoms with Crippen molar-refractivity contribution in [2.24, 2.45) is 0 Å². The van der Waals surface area contributed by atoms with Gasteiger partial charge in [-0.1, -0.05) is 55.4 Å². The van der Waals surface area contributed by atoms with Gasteiger partial charge < -0.3 is 22.8 Å². The second kappa shape index (κ2) is 7.40. The van der Waals surface area contributed by atoms with Crippen molar-refractivity contribution in [2.75, 3.05) is 6.61 Å². The Bertz CT molecular complexity index is 478. The van der Waals surface area contributed by atoms with Gasteiger partial charge in [0.1, 0.15) is 6.10 Å². The summed E-state index contributed by atoms with van der Waals surface area (Å²) in [4.78, 5) is 11.9. The molecule has 146 valence electrons. The zero-order valence-corrected chi connectivity index (χ0v) is 18.7. The summed E-state index contributed by atoms with van der Waals surface area (Å²) in [5, 5.41) is 10.3. The van der Waals surface area contributed by atoms with E-state index in [1.54, 1.807) is 0 Å². The molecular formula is C17H34O6Si2. The molecule has 0 unspecified atom stereocenters. The first-order valence-electron chi connectivity index (χ1n) is 9.38. The van der Waals surface area contributed by atoms with Crippen LogP contribution in [0.15, 0.2) is 0 Å². The van der Waals surface area contributed by atoms with Gasteiger partial charge in [-0.25, -0.2) is 4.79 Å². The fourth-order valence-electron chi connectivity index (χ4n) is 4.03. The van der Waals surface area contributed by atoms with E-state index in [-0.39, 0.29) is 28.8 Å². The molecule has 2 aliphatic heterocycles. The molecule has 2 heterocycles. The van der Waals surface area contributed by atoms with E-state index in [0.29, 0.717) is 0 Å². The molecule has 1 N–H and O–H groups in total. The van der Waals surface area contributed by atoms with Crippen molar-refractivity contribution in [2.45, 2.75) is 95.9 Å². The third-order valence-electron chi connectivity index (χ3n) is 5.52. The Hall–Kier alpha value is -0.256. The van der Waals surface area contributed by atoms with Gasteiger partial charge in [-0.3, -0.25) is 0 Å². The van der Waals surface area contributed by atoms with E-state index in [2.05, 4.69) is 55.4 Å². The molecule has 0 aromatic carbocycles. The van der Waals surface area contributed by atoms with Crippen LogP contribution in [0.25, 0.3) is 0 Å². The molecule has 6 nitrogen and oxygen atoms in total. The minimum Gasteiger partial charge on any atom is -0.455 e. The molecule has 0 saturated carbocycles. The summed E-state index contributed by atoms with van der Waals surface area (Å²) in [6, 6.07) is 0. The predicted octanol–water partition coefficient (Wildman–Crippen LogP) is 3.23. The lowest BCUT2D eigenvalue weighted by atomic mass is 10.1. The van der Waals surface area contributed by atoms with Crippen LogP contribution in [0, 0.1) is 0 Å². The van der Waals surface area contributed by atoms with Crippen LogP contribution >= 0.6 is 0 Å². The molecule has 0 spiro atoms. The molecule has 0 amide bonds. The number of carbonyl (C=O) groups is 1. The number of aliphatic hydroxyl groups excluding tert-OH is 1. The number of esters is 1. The highest BCUT2D eigenvalue weighted by molar-refractivity contribution is 6.84. The van der Waals surface area contributed by atoms with Gasteiger partial charge in [-0.05, 0) is 22.2 Å². The van der Waals surface area contributed by atoms with Gasteiger partial charge in [0.25, 0.3) is 0 Å². The molecule has 25 heavy (non-hydrogen) atoms. The monoisotopic (exact) mass is 390 g/mol. The number of carbonyl (C=O) groups excluding carboxylic acids is 1. The number of hydrogen-bond donors (Lipinski definition) is 1. The van der Waals surface area contributed by atoms with Gasteiger partial charge in [-0.2, -0.15) is 0 Å². The van der Waals surface area contributed by atoms with Gasteiger partial charge in [0, 0.05) is 0 Å². The molecule has 0 aromatic heterocycles. The van der Waals surface area contributed by atoms with Crippen molar-refractivity contribution < 1.29 is 27.6 Å². The summed E-state index contributed by atoms with van der Waals surface area (Å²) in [5.41, 5.74) is 0.780. The van der Waals surface area contributed by atoms with Crippen molar-refractivity contribution in [3.8, 4) is 0 Å². The Kier molecular flexibility index (Phi) is 6.23. The number of fused-ring (bicyclic) bond motifs is 1. The maximum atomic E-state index is 11.9. The van der Waals surface area contributed by atoms with Crippen LogP contribution in [-0.2, 0) is 22.5 Å². The highest BCUT2D eigenvalue weighted by Crippen LogP contribution is 2.47. The van der Waals surface area contributed by atoms with Crippen molar-refractivity contribution in [3.63, 3.8) is 0 Å². The van der Waals surface area contributed by atoms with Gasteiger partial charge in [-0.15, -0.1) is 0 Å². The largest absolute Gasteiger partial charge is 0.455 e. The fraction of sp³-hybridized carbons (Fsp3) is 0.941. The van der Waals surface area contributed by atoms with Gasteiger partial charge >= 0.3 is 23.1 Å². The van der Waals surface area contributed by atoms with E-state index in [4.69, 9.17) is 17.7 Å². The van der Waals surface area contributed by atoms with E-state index >= 15 is 0 Å². The van der Waals surface area contributed by atoms with Gasteiger partial charge in [0.05, 0.1) is 6.61 Å². The Labute approximate surface area is 153 Å². The first-order valence-corrected chi connectivity index (χ1v) is 13.3. The minimum absolute atomic E-state index is 0.155. The molecule has 0 radical (unpaired) electrons. The summed E-state index contributed by atoms with van der Waals surface area (Å²) >= 11 is 0. The lowest BCUT2D eigenvalue weighted by Crippen LogP contribution is -2.65. The third-order valence-corrected chi connectivity index (χ3v) is 15.8. The molecule has 2 saturated heterocycles. The molecule has 0 aromatic rings. The molecule has 2 aliphatic rings. The van der Waals surface area contributed by atoms with Crippen molar-refractivity contribution in [1.29, 1.82) is 0 Å². The number of ether oxygens (including phenoxy) is 1. The molecule has 0 bridgehead atoms. The van der Waals surface area contributed by atoms with E-state index < -0.39 is 41.4 Å². The summed E-state index contributed by atoms with van der Waals surface area (Å²) in [6.45, 7) is 17.2. The van der Waals surface area contributed by atoms with E-state index in [1.165, 1.54) is 0 Å². The lowest BCUT2D eigenvalue weighted by molar-refractivity contribution is -0.148. The maximum absolute atomic E-state index is 11.9. The zero-order chi connectivity index (χ0) is 19.2. The maximum Gasteiger partial charge on any atom is 0.338 e. The Morgan fingerprint density at radius 3 is 1.84 bits per heavy atom. The summed E-state index contributed by atoms with van der Waals surface area (Å²) in [6.07, 6.45) is -2.55. The third kappa shape index (κ3) is 3.49. The molecule has 2 rings (SSSR count). The van der Waals surface area contributed by atoms with Crippen LogP contribution in [0.5, 0.6) is 0 Å². The van der Waals surface area contributed by atoms with Gasteiger partial charge in [0.15, 0.2) is 12.2 Å². The smallest absolute Gasteiger partial charge is 0.338 e. The van der Waals surface area contributed by atoms with Crippen LogP contribution in [0.4, 0.5) is 0 Å². The molecule has 0 aliphatic carbocycles. The average molecular weight is 391 g/mol. The summed E-state index contributed by atoms with van der Waals surface area (Å²) in [7, 11) is -5.41. The van der Waals surface area contributed by atoms with E-state index in [9.17, 15) is 9.90 Å². The molecule has 8 heteroatoms. The van der Waals surface area contributed by atoms with Crippen molar-refractivity contribution in [3.05, 3.63) is 0 Å². The lowest BCUT2D eigenvalue weighted by Gasteiger charge is -2.51. The van der Waals surface area contributed by atoms with Crippen molar-refractivity contribution in [1.82, 2.24) is 0 Å². The second-order valence-corrected chi connectivity index (χ2v) is 17.3. The Balaban J connectivity index is 2.55. The van der Waals surface area contributed by atoms with Crippen LogP contribution in [0.1, 0.15) is 55.4 Å². The van der Waals surface area contributed by atoms with Crippen LogP contribution < -0.4 is 0 Å². The molecular weight excluding hydrogens is 356 g/mol. The number of hydrogen-bond acceptors (Lipinski definition) is 6. The highest BCUT2D eigenvalue weighted by Gasteiger charge is 2.61. The van der Waals surface area contributed by atoms with Crippen LogP contribution in [0.2, 0.25) is 22.2 Å². The summed E-state index contributed by atoms with van der Waals surface area (Å²) < 4.78 is 25.3. The second-order valence-electron chi connectivity index (χ2n) is 8.48. The first-order chi connectivity index (χ1) is 11.5. The SMILES string of the molecule is CC(C)[Si]1(C(C)C)OC[C@H]2OC(=O)[C@H](O)[C@@H]2O[Si](C(C)C)(C(C)C)O1. The summed E-state index contributed by atoms with van der Waals surface area (Å²) in [5.74, 6) is -0.628. The predicted molar refractivity (Wildman–Crippen MR) is 99.7 cm³/mol. The number of aliphatic hydroxyl groups is 1. The zero-order valence-electron chi connectivity index (χ0n) is 16.7. The quantitative estimate of drug-likeness (QED) is 0.587. The normalized spacial score (nSPS) is 32.0. The Morgan fingerprint density at radius 1 is 0.920 bits per heavy atom. The van der Waals surface area contributed by atoms with Gasteiger partial charge in [0.2, 0.25) is 0 Å². The van der Waals surface area contributed by atoms with E-state index in [0.717, 1.165) is 0 Å². The molecule has 2 fully saturated rings. The Morgan fingerprint density at radius 2 is 1.40 bits per heavy atom. The minimum atomic E-state index is -2.79. The van der Waals surface area contributed by atoms with E-state index in [1.807, 2.05) is 0 Å². The van der Waals surface area contributed by atoms with Crippen LogP contribution in [-0.4, -0.2) is 53.1 Å². The average Bonchev–Trinajstić information content (AvgIpc) is 2.73. The van der Waals surface area contributed by atoms with Crippen molar-refractivity contribution >= 4 is 23.1 Å².